The van der Waals surface area contributed by atoms with Crippen molar-refractivity contribution in [3.05, 3.63) is 41.6 Å². The predicted molar refractivity (Wildman–Crippen MR) is 60.4 cm³/mol. The Hall–Kier alpha value is -2.10. The van der Waals surface area contributed by atoms with Gasteiger partial charge in [-0.05, 0) is 24.1 Å². The van der Waals surface area contributed by atoms with Gasteiger partial charge in [0.1, 0.15) is 5.69 Å². The van der Waals surface area contributed by atoms with Crippen molar-refractivity contribution in [3.8, 4) is 11.3 Å². The van der Waals surface area contributed by atoms with Gasteiger partial charge in [-0.1, -0.05) is 25.1 Å². The molecule has 0 fully saturated rings. The fourth-order valence-electron chi connectivity index (χ4n) is 1.53. The van der Waals surface area contributed by atoms with Crippen LogP contribution in [0.4, 0.5) is 0 Å². The molecule has 0 spiro atoms. The van der Waals surface area contributed by atoms with Crippen LogP contribution in [-0.2, 0) is 6.42 Å². The second-order valence-corrected chi connectivity index (χ2v) is 3.53. The third-order valence-corrected chi connectivity index (χ3v) is 2.44. The maximum Gasteiger partial charge on any atom is 0.353 e. The normalized spacial score (nSPS) is 10.3. The minimum absolute atomic E-state index is 0.108. The van der Waals surface area contributed by atoms with Crippen molar-refractivity contribution < 1.29 is 9.90 Å². The van der Waals surface area contributed by atoms with Gasteiger partial charge in [-0.3, -0.25) is 5.10 Å². The Bertz CT molecular complexity index is 517. The molecule has 82 valence electrons. The fraction of sp³-hybridized carbons (Fsp3) is 0.167. The first-order valence-corrected chi connectivity index (χ1v) is 5.08. The van der Waals surface area contributed by atoms with Gasteiger partial charge in [0.15, 0.2) is 0 Å². The van der Waals surface area contributed by atoms with Crippen molar-refractivity contribution in [1.29, 1.82) is 0 Å². The standard InChI is InChI=1S/C12H12N2O2/c1-2-8-4-3-5-9(6-8)10-7-11(12(15)16)14-13-10/h3-7H,2H2,1H3,(H,13,14)(H,15,16). The summed E-state index contributed by atoms with van der Waals surface area (Å²) in [6.07, 6.45) is 0.948. The second-order valence-electron chi connectivity index (χ2n) is 3.53. The van der Waals surface area contributed by atoms with Crippen molar-refractivity contribution in [2.45, 2.75) is 13.3 Å². The highest BCUT2D eigenvalue weighted by Crippen LogP contribution is 2.19. The molecule has 0 unspecified atom stereocenters. The summed E-state index contributed by atoms with van der Waals surface area (Å²) in [5, 5.41) is 15.2. The number of H-pyrrole nitrogens is 1. The summed E-state index contributed by atoms with van der Waals surface area (Å²) >= 11 is 0. The third-order valence-electron chi connectivity index (χ3n) is 2.44. The van der Waals surface area contributed by atoms with E-state index in [1.807, 2.05) is 24.3 Å². The molecule has 2 rings (SSSR count). The summed E-state index contributed by atoms with van der Waals surface area (Å²) in [4.78, 5) is 10.7. The Morgan fingerprint density at radius 3 is 2.88 bits per heavy atom. The van der Waals surface area contributed by atoms with Crippen LogP contribution in [0.2, 0.25) is 0 Å². The first-order valence-electron chi connectivity index (χ1n) is 5.08. The Labute approximate surface area is 92.9 Å². The summed E-state index contributed by atoms with van der Waals surface area (Å²) in [6, 6.07) is 9.46. The molecule has 0 saturated heterocycles. The molecule has 1 aromatic heterocycles. The molecule has 0 bridgehead atoms. The SMILES string of the molecule is CCc1cccc(-c2cc(C(=O)O)[nH]n2)c1. The number of aryl methyl sites for hydroxylation is 1. The summed E-state index contributed by atoms with van der Waals surface area (Å²) < 4.78 is 0. The molecule has 16 heavy (non-hydrogen) atoms. The van der Waals surface area contributed by atoms with Gasteiger partial charge in [-0.15, -0.1) is 0 Å². The zero-order valence-electron chi connectivity index (χ0n) is 8.90. The monoisotopic (exact) mass is 216 g/mol. The Morgan fingerprint density at radius 1 is 1.44 bits per heavy atom. The molecule has 0 aliphatic rings. The third kappa shape index (κ3) is 1.95. The van der Waals surface area contributed by atoms with Crippen LogP contribution < -0.4 is 0 Å². The summed E-state index contributed by atoms with van der Waals surface area (Å²) in [6.45, 7) is 2.08. The highest BCUT2D eigenvalue weighted by Gasteiger charge is 2.08. The van der Waals surface area contributed by atoms with Crippen molar-refractivity contribution in [2.75, 3.05) is 0 Å². The number of hydrogen-bond acceptors (Lipinski definition) is 2. The van der Waals surface area contributed by atoms with E-state index >= 15 is 0 Å². The minimum atomic E-state index is -0.995. The quantitative estimate of drug-likeness (QED) is 0.827. The van der Waals surface area contributed by atoms with Gasteiger partial charge in [0.05, 0.1) is 5.69 Å². The van der Waals surface area contributed by atoms with Gasteiger partial charge in [-0.25, -0.2) is 4.79 Å². The van der Waals surface area contributed by atoms with E-state index in [1.54, 1.807) is 0 Å². The molecule has 0 amide bonds. The van der Waals surface area contributed by atoms with Crippen LogP contribution in [0, 0.1) is 0 Å². The number of aromatic nitrogens is 2. The van der Waals surface area contributed by atoms with Crippen LogP contribution in [-0.4, -0.2) is 21.3 Å². The fourth-order valence-corrected chi connectivity index (χ4v) is 1.53. The number of carbonyl (C=O) groups is 1. The summed E-state index contributed by atoms with van der Waals surface area (Å²) in [7, 11) is 0. The van der Waals surface area contributed by atoms with Crippen molar-refractivity contribution in [3.63, 3.8) is 0 Å². The van der Waals surface area contributed by atoms with E-state index in [2.05, 4.69) is 17.1 Å². The predicted octanol–water partition coefficient (Wildman–Crippen LogP) is 2.34. The molecule has 0 aliphatic carbocycles. The van der Waals surface area contributed by atoms with E-state index in [0.717, 1.165) is 12.0 Å². The lowest BCUT2D eigenvalue weighted by molar-refractivity contribution is 0.0690. The lowest BCUT2D eigenvalue weighted by Gasteiger charge is -1.99. The number of hydrogen-bond donors (Lipinski definition) is 2. The number of rotatable bonds is 3. The number of nitrogens with zero attached hydrogens (tertiary/aromatic N) is 1. The summed E-state index contributed by atoms with van der Waals surface area (Å²) in [5.74, 6) is -0.995. The van der Waals surface area contributed by atoms with Crippen LogP contribution in [0.25, 0.3) is 11.3 Å². The number of nitrogens with one attached hydrogen (secondary N) is 1. The molecule has 1 heterocycles. The molecular formula is C12H12N2O2. The Kier molecular flexibility index (Phi) is 2.72. The van der Waals surface area contributed by atoms with Gasteiger partial charge in [0.2, 0.25) is 0 Å². The van der Waals surface area contributed by atoms with Gasteiger partial charge in [0.25, 0.3) is 0 Å². The Balaban J connectivity index is 2.38. The van der Waals surface area contributed by atoms with Gasteiger partial charge in [0, 0.05) is 5.56 Å². The molecule has 4 heteroatoms. The maximum absolute atomic E-state index is 10.7. The topological polar surface area (TPSA) is 66.0 Å². The van der Waals surface area contributed by atoms with Gasteiger partial charge in [-0.2, -0.15) is 5.10 Å². The van der Waals surface area contributed by atoms with E-state index in [-0.39, 0.29) is 5.69 Å². The van der Waals surface area contributed by atoms with Crippen LogP contribution in [0.3, 0.4) is 0 Å². The van der Waals surface area contributed by atoms with E-state index in [0.29, 0.717) is 5.69 Å². The number of carboxylic acids is 1. The van der Waals surface area contributed by atoms with Crippen molar-refractivity contribution in [1.82, 2.24) is 10.2 Å². The van der Waals surface area contributed by atoms with Crippen LogP contribution in [0.5, 0.6) is 0 Å². The van der Waals surface area contributed by atoms with E-state index < -0.39 is 5.97 Å². The lowest BCUT2D eigenvalue weighted by atomic mass is 10.1. The van der Waals surface area contributed by atoms with Gasteiger partial charge >= 0.3 is 5.97 Å². The minimum Gasteiger partial charge on any atom is -0.477 e. The molecular weight excluding hydrogens is 204 g/mol. The largest absolute Gasteiger partial charge is 0.477 e. The average molecular weight is 216 g/mol. The van der Waals surface area contributed by atoms with Crippen molar-refractivity contribution in [2.24, 2.45) is 0 Å². The maximum atomic E-state index is 10.7. The second kappa shape index (κ2) is 4.18. The molecule has 4 nitrogen and oxygen atoms in total. The first kappa shape index (κ1) is 10.4. The molecule has 0 atom stereocenters. The van der Waals surface area contributed by atoms with Gasteiger partial charge < -0.3 is 5.11 Å². The first-order chi connectivity index (χ1) is 7.70. The zero-order chi connectivity index (χ0) is 11.5. The zero-order valence-corrected chi connectivity index (χ0v) is 8.90. The van der Waals surface area contributed by atoms with E-state index in [4.69, 9.17) is 5.11 Å². The van der Waals surface area contributed by atoms with Crippen LogP contribution in [0.1, 0.15) is 23.0 Å². The number of aromatic amines is 1. The average Bonchev–Trinajstić information content (AvgIpc) is 2.78. The molecule has 0 aliphatic heterocycles. The number of aromatic carboxylic acids is 1. The highest BCUT2D eigenvalue weighted by molar-refractivity contribution is 5.86. The highest BCUT2D eigenvalue weighted by atomic mass is 16.4. The molecule has 0 radical (unpaired) electrons. The van der Waals surface area contributed by atoms with Crippen LogP contribution >= 0.6 is 0 Å². The molecule has 0 saturated carbocycles. The van der Waals surface area contributed by atoms with E-state index in [9.17, 15) is 4.79 Å². The molecule has 2 aromatic rings. The lowest BCUT2D eigenvalue weighted by Crippen LogP contribution is -1.95. The summed E-state index contributed by atoms with van der Waals surface area (Å²) in [5.41, 5.74) is 2.91. The number of carboxylic acid groups (broad SMARTS) is 1. The van der Waals surface area contributed by atoms with Crippen LogP contribution in [0.15, 0.2) is 30.3 Å². The van der Waals surface area contributed by atoms with E-state index in [1.165, 1.54) is 11.6 Å². The number of benzene rings is 1. The smallest absolute Gasteiger partial charge is 0.353 e. The molecule has 2 N–H and O–H groups in total. The molecule has 1 aromatic carbocycles. The van der Waals surface area contributed by atoms with Crippen molar-refractivity contribution >= 4 is 5.97 Å². The Morgan fingerprint density at radius 2 is 2.25 bits per heavy atom.